The van der Waals surface area contributed by atoms with Gasteiger partial charge in [0.25, 0.3) is 0 Å². The maximum atomic E-state index is 4.58. The van der Waals surface area contributed by atoms with Crippen LogP contribution in [0, 0.1) is 6.92 Å². The van der Waals surface area contributed by atoms with Crippen molar-refractivity contribution in [1.82, 2.24) is 4.98 Å². The topological polar surface area (TPSA) is 12.9 Å². The zero-order chi connectivity index (χ0) is 14.5. The Morgan fingerprint density at radius 3 is 2.10 bits per heavy atom. The number of benzene rings is 2. The van der Waals surface area contributed by atoms with Crippen molar-refractivity contribution in [3.05, 3.63) is 101 Å². The number of hydrogen-bond acceptors (Lipinski definition) is 1. The lowest BCUT2D eigenvalue weighted by molar-refractivity contribution is 1.23. The van der Waals surface area contributed by atoms with E-state index < -0.39 is 0 Å². The van der Waals surface area contributed by atoms with E-state index in [0.29, 0.717) is 0 Å². The van der Waals surface area contributed by atoms with Gasteiger partial charge in [-0.05, 0) is 35.8 Å². The summed E-state index contributed by atoms with van der Waals surface area (Å²) in [5.41, 5.74) is 5.67. The van der Waals surface area contributed by atoms with Gasteiger partial charge in [0.1, 0.15) is 0 Å². The van der Waals surface area contributed by atoms with Gasteiger partial charge in [0.2, 0.25) is 0 Å². The van der Waals surface area contributed by atoms with Crippen LogP contribution >= 0.6 is 0 Å². The molecule has 0 fully saturated rings. The third-order valence-corrected chi connectivity index (χ3v) is 3.38. The second-order valence-corrected chi connectivity index (χ2v) is 5.06. The molecule has 21 heavy (non-hydrogen) atoms. The fraction of sp³-hybridized carbons (Fsp3) is 0.0500. The molecule has 1 heteroatoms. The van der Waals surface area contributed by atoms with Gasteiger partial charge in [0.05, 0.1) is 5.69 Å². The number of rotatable bonds is 3. The Morgan fingerprint density at radius 2 is 1.48 bits per heavy atom. The highest BCUT2D eigenvalue weighted by atomic mass is 14.7. The molecule has 0 aliphatic heterocycles. The lowest BCUT2D eigenvalue weighted by atomic mass is 9.99. The molecule has 0 N–H and O–H groups in total. The summed E-state index contributed by atoms with van der Waals surface area (Å²) < 4.78 is 0. The quantitative estimate of drug-likeness (QED) is 0.612. The predicted octanol–water partition coefficient (Wildman–Crippen LogP) is 4.98. The van der Waals surface area contributed by atoms with E-state index in [1.54, 1.807) is 0 Å². The normalized spacial score (nSPS) is 11.4. The lowest BCUT2D eigenvalue weighted by Gasteiger charge is -2.08. The molecule has 2 aromatic carbocycles. The molecule has 1 aromatic heterocycles. The first-order chi connectivity index (χ1) is 10.3. The van der Waals surface area contributed by atoms with Gasteiger partial charge >= 0.3 is 0 Å². The second-order valence-electron chi connectivity index (χ2n) is 5.06. The van der Waals surface area contributed by atoms with Gasteiger partial charge in [-0.3, -0.25) is 4.98 Å². The summed E-state index contributed by atoms with van der Waals surface area (Å²) in [5.74, 6) is 0. The SMILES string of the molecule is Cc1ccc(C(=Cc2ccccc2)c2ccccc2)nc1. The van der Waals surface area contributed by atoms with E-state index in [-0.39, 0.29) is 0 Å². The third kappa shape index (κ3) is 3.26. The van der Waals surface area contributed by atoms with Crippen molar-refractivity contribution in [3.8, 4) is 0 Å². The van der Waals surface area contributed by atoms with Crippen LogP contribution < -0.4 is 0 Å². The van der Waals surface area contributed by atoms with Crippen molar-refractivity contribution in [2.75, 3.05) is 0 Å². The zero-order valence-electron chi connectivity index (χ0n) is 12.0. The van der Waals surface area contributed by atoms with E-state index in [1.165, 1.54) is 16.7 Å². The van der Waals surface area contributed by atoms with Crippen molar-refractivity contribution in [2.45, 2.75) is 6.92 Å². The van der Waals surface area contributed by atoms with Crippen LogP contribution in [0.3, 0.4) is 0 Å². The molecule has 0 saturated carbocycles. The van der Waals surface area contributed by atoms with E-state index in [0.717, 1.165) is 11.3 Å². The van der Waals surface area contributed by atoms with E-state index in [9.17, 15) is 0 Å². The minimum absolute atomic E-state index is 0.996. The fourth-order valence-corrected chi connectivity index (χ4v) is 2.27. The van der Waals surface area contributed by atoms with Crippen LogP contribution in [-0.4, -0.2) is 4.98 Å². The highest BCUT2D eigenvalue weighted by Crippen LogP contribution is 2.24. The smallest absolute Gasteiger partial charge is 0.0708 e. The van der Waals surface area contributed by atoms with Gasteiger partial charge in [-0.1, -0.05) is 66.7 Å². The molecule has 0 aliphatic carbocycles. The van der Waals surface area contributed by atoms with Crippen LogP contribution in [0.15, 0.2) is 79.0 Å². The number of aromatic nitrogens is 1. The highest BCUT2D eigenvalue weighted by Gasteiger charge is 2.06. The van der Waals surface area contributed by atoms with E-state index in [2.05, 4.69) is 78.6 Å². The number of nitrogens with zero attached hydrogens (tertiary/aromatic N) is 1. The van der Waals surface area contributed by atoms with Crippen molar-refractivity contribution in [3.63, 3.8) is 0 Å². The Kier molecular flexibility index (Phi) is 3.92. The molecule has 0 amide bonds. The molecule has 1 nitrogen and oxygen atoms in total. The zero-order valence-corrected chi connectivity index (χ0v) is 12.0. The van der Waals surface area contributed by atoms with Crippen LogP contribution in [0.1, 0.15) is 22.4 Å². The van der Waals surface area contributed by atoms with E-state index in [4.69, 9.17) is 0 Å². The average Bonchev–Trinajstić information content (AvgIpc) is 2.55. The minimum atomic E-state index is 0.996. The molecule has 0 aliphatic rings. The van der Waals surface area contributed by atoms with Gasteiger partial charge < -0.3 is 0 Å². The van der Waals surface area contributed by atoms with Crippen LogP contribution in [-0.2, 0) is 0 Å². The molecule has 0 unspecified atom stereocenters. The van der Waals surface area contributed by atoms with Crippen LogP contribution in [0.25, 0.3) is 11.6 Å². The summed E-state index contributed by atoms with van der Waals surface area (Å²) >= 11 is 0. The van der Waals surface area contributed by atoms with Gasteiger partial charge in [-0.15, -0.1) is 0 Å². The average molecular weight is 271 g/mol. The summed E-state index contributed by atoms with van der Waals surface area (Å²) in [6.07, 6.45) is 4.10. The number of hydrogen-bond donors (Lipinski definition) is 0. The number of aryl methyl sites for hydroxylation is 1. The Balaban J connectivity index is 2.12. The molecule has 0 atom stereocenters. The van der Waals surface area contributed by atoms with E-state index in [1.807, 2.05) is 18.3 Å². The fourth-order valence-electron chi connectivity index (χ4n) is 2.27. The van der Waals surface area contributed by atoms with E-state index >= 15 is 0 Å². The van der Waals surface area contributed by atoms with Gasteiger partial charge in [-0.2, -0.15) is 0 Å². The van der Waals surface area contributed by atoms with Gasteiger partial charge in [0.15, 0.2) is 0 Å². The molecular formula is C20H17N. The van der Waals surface area contributed by atoms with Gasteiger partial charge in [0, 0.05) is 11.8 Å². The summed E-state index contributed by atoms with van der Waals surface area (Å²) in [6.45, 7) is 2.06. The molecular weight excluding hydrogens is 254 g/mol. The van der Waals surface area contributed by atoms with Crippen molar-refractivity contribution in [1.29, 1.82) is 0 Å². The summed E-state index contributed by atoms with van der Waals surface area (Å²) in [4.78, 5) is 4.58. The van der Waals surface area contributed by atoms with Gasteiger partial charge in [-0.25, -0.2) is 0 Å². The summed E-state index contributed by atoms with van der Waals surface area (Å²) in [5, 5.41) is 0. The van der Waals surface area contributed by atoms with Crippen molar-refractivity contribution < 1.29 is 0 Å². The van der Waals surface area contributed by atoms with Crippen LogP contribution in [0.2, 0.25) is 0 Å². The largest absolute Gasteiger partial charge is 0.256 e. The standard InChI is InChI=1S/C20H17N/c1-16-12-13-20(21-15-16)19(18-10-6-3-7-11-18)14-17-8-4-2-5-9-17/h2-15H,1H3. The monoisotopic (exact) mass is 271 g/mol. The Bertz CT molecular complexity index is 726. The Morgan fingerprint density at radius 1 is 0.810 bits per heavy atom. The molecule has 3 rings (SSSR count). The maximum absolute atomic E-state index is 4.58. The Hall–Kier alpha value is -2.67. The first-order valence-corrected chi connectivity index (χ1v) is 7.08. The molecule has 102 valence electrons. The Labute approximate surface area is 125 Å². The molecule has 3 aromatic rings. The molecule has 1 heterocycles. The van der Waals surface area contributed by atoms with Crippen molar-refractivity contribution in [2.24, 2.45) is 0 Å². The van der Waals surface area contributed by atoms with Crippen molar-refractivity contribution >= 4 is 11.6 Å². The second kappa shape index (κ2) is 6.19. The summed E-state index contributed by atoms with van der Waals surface area (Å²) in [7, 11) is 0. The maximum Gasteiger partial charge on any atom is 0.0708 e. The predicted molar refractivity (Wildman–Crippen MR) is 88.8 cm³/mol. The molecule has 0 spiro atoms. The minimum Gasteiger partial charge on any atom is -0.256 e. The summed E-state index contributed by atoms with van der Waals surface area (Å²) in [6, 6.07) is 24.9. The molecule has 0 saturated heterocycles. The van der Waals surface area contributed by atoms with Crippen LogP contribution in [0.5, 0.6) is 0 Å². The third-order valence-electron chi connectivity index (χ3n) is 3.38. The lowest BCUT2D eigenvalue weighted by Crippen LogP contribution is -1.92. The first-order valence-electron chi connectivity index (χ1n) is 7.08. The first kappa shape index (κ1) is 13.3. The molecule has 0 bridgehead atoms. The number of pyridine rings is 1. The highest BCUT2D eigenvalue weighted by molar-refractivity contribution is 5.90. The molecule has 0 radical (unpaired) electrons. The van der Waals surface area contributed by atoms with Crippen LogP contribution in [0.4, 0.5) is 0 Å².